The van der Waals surface area contributed by atoms with Crippen molar-refractivity contribution in [1.29, 1.82) is 0 Å². The van der Waals surface area contributed by atoms with Crippen molar-refractivity contribution in [3.63, 3.8) is 0 Å². The molecule has 3 heterocycles. The van der Waals surface area contributed by atoms with Crippen LogP contribution in [0.25, 0.3) is 0 Å². The van der Waals surface area contributed by atoms with Crippen LogP contribution in [0.15, 0.2) is 16.5 Å². The van der Waals surface area contributed by atoms with E-state index in [1.807, 2.05) is 4.90 Å². The lowest BCUT2D eigenvalue weighted by atomic mass is 10.1. The van der Waals surface area contributed by atoms with Crippen molar-refractivity contribution in [1.82, 2.24) is 15.5 Å². The van der Waals surface area contributed by atoms with E-state index in [-0.39, 0.29) is 42.1 Å². The first-order chi connectivity index (χ1) is 9.19. The van der Waals surface area contributed by atoms with Gasteiger partial charge in [0.25, 0.3) is 5.91 Å². The minimum atomic E-state index is -0.251. The summed E-state index contributed by atoms with van der Waals surface area (Å²) < 4.78 is 5.47. The van der Waals surface area contributed by atoms with Gasteiger partial charge in [0.1, 0.15) is 5.76 Å². The van der Waals surface area contributed by atoms with Gasteiger partial charge in [0, 0.05) is 25.6 Å². The molecule has 0 spiro atoms. The minimum Gasteiger partial charge on any atom is -0.454 e. The van der Waals surface area contributed by atoms with E-state index in [2.05, 4.69) is 10.6 Å². The maximum Gasteiger partial charge on any atom is 0.286 e. The fourth-order valence-corrected chi connectivity index (χ4v) is 2.91. The molecule has 1 aromatic heterocycles. The van der Waals surface area contributed by atoms with Crippen molar-refractivity contribution in [2.24, 2.45) is 0 Å². The molecule has 0 bridgehead atoms. The molecule has 3 rings (SSSR count). The molecule has 20 heavy (non-hydrogen) atoms. The summed E-state index contributed by atoms with van der Waals surface area (Å²) in [5.41, 5.74) is 0. The molecule has 0 unspecified atom stereocenters. The molecule has 2 amide bonds. The molecule has 2 aliphatic heterocycles. The first-order valence-corrected chi connectivity index (χ1v) is 6.52. The fraction of sp³-hybridized carbons (Fsp3) is 0.538. The summed E-state index contributed by atoms with van der Waals surface area (Å²) in [6, 6.07) is 3.94. The lowest BCUT2D eigenvalue weighted by Crippen LogP contribution is -2.35. The van der Waals surface area contributed by atoms with E-state index < -0.39 is 0 Å². The number of carbonyl (C=O) groups excluding carboxylic acids is 2. The Balaban J connectivity index is 0.00000147. The van der Waals surface area contributed by atoms with E-state index in [0.717, 1.165) is 13.0 Å². The average Bonchev–Trinajstić information content (AvgIpc) is 3.08. The molecule has 1 aromatic rings. The maximum atomic E-state index is 12.0. The van der Waals surface area contributed by atoms with Crippen LogP contribution >= 0.6 is 12.4 Å². The van der Waals surface area contributed by atoms with Gasteiger partial charge in [0.05, 0.1) is 6.54 Å². The molecule has 0 aromatic carbocycles. The molecular formula is C13H18ClN3O3. The van der Waals surface area contributed by atoms with Crippen molar-refractivity contribution in [3.05, 3.63) is 23.7 Å². The third-order valence-electron chi connectivity index (χ3n) is 3.86. The molecule has 0 aliphatic carbocycles. The van der Waals surface area contributed by atoms with Crippen LogP contribution < -0.4 is 10.6 Å². The van der Waals surface area contributed by atoms with Crippen molar-refractivity contribution >= 4 is 24.2 Å². The van der Waals surface area contributed by atoms with Gasteiger partial charge in [0.2, 0.25) is 5.91 Å². The Bertz CT molecular complexity index is 517. The van der Waals surface area contributed by atoms with E-state index in [0.29, 0.717) is 18.7 Å². The lowest BCUT2D eigenvalue weighted by Gasteiger charge is -2.22. The lowest BCUT2D eigenvalue weighted by molar-refractivity contribution is -0.129. The predicted octanol–water partition coefficient (Wildman–Crippen LogP) is 0.524. The van der Waals surface area contributed by atoms with E-state index in [1.54, 1.807) is 19.2 Å². The Hall–Kier alpha value is -1.53. The fourth-order valence-electron chi connectivity index (χ4n) is 2.91. The van der Waals surface area contributed by atoms with Crippen LogP contribution in [0, 0.1) is 0 Å². The zero-order valence-electron chi connectivity index (χ0n) is 11.2. The van der Waals surface area contributed by atoms with Gasteiger partial charge in [-0.05, 0) is 25.1 Å². The number of amides is 2. The largest absolute Gasteiger partial charge is 0.454 e. The Morgan fingerprint density at radius 1 is 1.55 bits per heavy atom. The van der Waals surface area contributed by atoms with Gasteiger partial charge in [-0.2, -0.15) is 0 Å². The molecular weight excluding hydrogens is 282 g/mol. The Labute approximate surface area is 123 Å². The van der Waals surface area contributed by atoms with Gasteiger partial charge in [0.15, 0.2) is 5.76 Å². The summed E-state index contributed by atoms with van der Waals surface area (Å²) >= 11 is 0. The number of hydrogen-bond donors (Lipinski definition) is 2. The standard InChI is InChI=1S/C13H17N3O3.ClH/c1-14-13(18)11-3-2-8(19-11)7-16-10-4-5-15-9(10)6-12(16)17;/h2-3,9-10,15H,4-7H2,1H3,(H,14,18);1H/t9-,10-;/m1./s1. The second-order valence-corrected chi connectivity index (χ2v) is 4.99. The first-order valence-electron chi connectivity index (χ1n) is 6.52. The Morgan fingerprint density at radius 3 is 3.10 bits per heavy atom. The van der Waals surface area contributed by atoms with Crippen LogP contribution in [0.5, 0.6) is 0 Å². The highest BCUT2D eigenvalue weighted by Crippen LogP contribution is 2.28. The Morgan fingerprint density at radius 2 is 2.35 bits per heavy atom. The van der Waals surface area contributed by atoms with Crippen molar-refractivity contribution in [2.75, 3.05) is 13.6 Å². The summed E-state index contributed by atoms with van der Waals surface area (Å²) in [5.74, 6) is 0.837. The number of rotatable bonds is 3. The second-order valence-electron chi connectivity index (χ2n) is 4.99. The smallest absolute Gasteiger partial charge is 0.286 e. The third kappa shape index (κ3) is 2.53. The van der Waals surface area contributed by atoms with Crippen LogP contribution in [-0.4, -0.2) is 42.4 Å². The van der Waals surface area contributed by atoms with Crippen LogP contribution in [0.4, 0.5) is 0 Å². The molecule has 6 nitrogen and oxygen atoms in total. The molecule has 2 saturated heterocycles. The van der Waals surface area contributed by atoms with Gasteiger partial charge < -0.3 is 20.0 Å². The van der Waals surface area contributed by atoms with Gasteiger partial charge in [-0.25, -0.2) is 0 Å². The van der Waals surface area contributed by atoms with Crippen molar-refractivity contribution < 1.29 is 14.0 Å². The second kappa shape index (κ2) is 5.85. The van der Waals surface area contributed by atoms with E-state index in [4.69, 9.17) is 4.42 Å². The molecule has 0 radical (unpaired) electrons. The number of furan rings is 1. The van der Waals surface area contributed by atoms with Gasteiger partial charge in [-0.3, -0.25) is 9.59 Å². The predicted molar refractivity (Wildman–Crippen MR) is 74.7 cm³/mol. The normalized spacial score (nSPS) is 24.4. The van der Waals surface area contributed by atoms with Crippen LogP contribution in [-0.2, 0) is 11.3 Å². The maximum absolute atomic E-state index is 12.0. The molecule has 7 heteroatoms. The van der Waals surface area contributed by atoms with Gasteiger partial charge in [-0.1, -0.05) is 0 Å². The summed E-state index contributed by atoms with van der Waals surface area (Å²) in [7, 11) is 1.56. The molecule has 2 fully saturated rings. The highest BCUT2D eigenvalue weighted by Gasteiger charge is 2.42. The van der Waals surface area contributed by atoms with Crippen LogP contribution in [0.3, 0.4) is 0 Å². The summed E-state index contributed by atoms with van der Waals surface area (Å²) in [5, 5.41) is 5.85. The first kappa shape index (κ1) is 14.9. The summed E-state index contributed by atoms with van der Waals surface area (Å²) in [6.07, 6.45) is 1.55. The van der Waals surface area contributed by atoms with E-state index in [1.165, 1.54) is 0 Å². The zero-order valence-corrected chi connectivity index (χ0v) is 12.0. The number of nitrogens with one attached hydrogen (secondary N) is 2. The number of hydrogen-bond acceptors (Lipinski definition) is 4. The van der Waals surface area contributed by atoms with E-state index in [9.17, 15) is 9.59 Å². The SMILES string of the molecule is CNC(=O)c1ccc(CN2C(=O)C[C@H]3NCC[C@H]32)o1.Cl. The monoisotopic (exact) mass is 299 g/mol. The number of halogens is 1. The van der Waals surface area contributed by atoms with Crippen LogP contribution in [0.1, 0.15) is 29.2 Å². The molecule has 2 aliphatic rings. The minimum absolute atomic E-state index is 0. The van der Waals surface area contributed by atoms with Crippen LogP contribution in [0.2, 0.25) is 0 Å². The zero-order chi connectivity index (χ0) is 13.4. The highest BCUT2D eigenvalue weighted by atomic mass is 35.5. The van der Waals surface area contributed by atoms with Gasteiger partial charge in [-0.15, -0.1) is 12.4 Å². The molecule has 0 saturated carbocycles. The molecule has 2 N–H and O–H groups in total. The van der Waals surface area contributed by atoms with Gasteiger partial charge >= 0.3 is 0 Å². The number of nitrogens with zero attached hydrogens (tertiary/aromatic N) is 1. The number of fused-ring (bicyclic) bond motifs is 1. The molecule has 2 atom stereocenters. The highest BCUT2D eigenvalue weighted by molar-refractivity contribution is 5.91. The topological polar surface area (TPSA) is 74.6 Å². The third-order valence-corrected chi connectivity index (χ3v) is 3.86. The average molecular weight is 300 g/mol. The molecule has 110 valence electrons. The summed E-state index contributed by atoms with van der Waals surface area (Å²) in [6.45, 7) is 1.40. The van der Waals surface area contributed by atoms with E-state index >= 15 is 0 Å². The Kier molecular flexibility index (Phi) is 4.35. The summed E-state index contributed by atoms with van der Waals surface area (Å²) in [4.78, 5) is 25.2. The number of likely N-dealkylation sites (tertiary alicyclic amines) is 1. The quantitative estimate of drug-likeness (QED) is 0.853. The number of carbonyl (C=O) groups is 2. The van der Waals surface area contributed by atoms with Crippen molar-refractivity contribution in [3.8, 4) is 0 Å². The van der Waals surface area contributed by atoms with Crippen molar-refractivity contribution in [2.45, 2.75) is 31.5 Å².